The summed E-state index contributed by atoms with van der Waals surface area (Å²) < 4.78 is 5.52. The van der Waals surface area contributed by atoms with E-state index in [4.69, 9.17) is 4.74 Å². The van der Waals surface area contributed by atoms with Gasteiger partial charge in [-0.1, -0.05) is 57.2 Å². The molecule has 0 aliphatic rings. The monoisotopic (exact) mass is 559 g/mol. The number of aromatic nitrogens is 1. The standard InChI is InChI=1S/C31H33N3O3S2/c1-5-37-24-16-14-21(15-17-24)26-20-38-30(33-26)34-29(36)28(22-10-7-6-8-11-22)39-25-13-9-12-23(18-25)32-27(35)19-31(2,3)4/h6-18,20,28H,5,19H2,1-4H3,(H,32,35)(H,33,34,36). The average molecular weight is 560 g/mol. The van der Waals surface area contributed by atoms with Crippen LogP contribution in [0.3, 0.4) is 0 Å². The molecular formula is C31H33N3O3S2. The van der Waals surface area contributed by atoms with Gasteiger partial charge in [0, 0.05) is 27.9 Å². The maximum atomic E-state index is 13.5. The molecule has 6 nitrogen and oxygen atoms in total. The van der Waals surface area contributed by atoms with Gasteiger partial charge in [0.15, 0.2) is 5.13 Å². The molecule has 1 unspecified atom stereocenters. The lowest BCUT2D eigenvalue weighted by Crippen LogP contribution is -2.20. The van der Waals surface area contributed by atoms with Crippen LogP contribution in [0.2, 0.25) is 0 Å². The average Bonchev–Trinajstić information content (AvgIpc) is 3.36. The molecule has 2 amide bonds. The van der Waals surface area contributed by atoms with Crippen molar-refractivity contribution < 1.29 is 14.3 Å². The van der Waals surface area contributed by atoms with Crippen molar-refractivity contribution in [1.29, 1.82) is 0 Å². The third-order valence-electron chi connectivity index (χ3n) is 5.60. The quantitative estimate of drug-likeness (QED) is 0.192. The maximum absolute atomic E-state index is 13.5. The first-order valence-corrected chi connectivity index (χ1v) is 14.6. The Morgan fingerprint density at radius 2 is 1.72 bits per heavy atom. The molecule has 0 aliphatic heterocycles. The fraction of sp³-hybridized carbons (Fsp3) is 0.258. The van der Waals surface area contributed by atoms with E-state index in [-0.39, 0.29) is 17.2 Å². The second-order valence-electron chi connectivity index (χ2n) is 10.2. The zero-order chi connectivity index (χ0) is 27.8. The molecular weight excluding hydrogens is 526 g/mol. The normalized spacial score (nSPS) is 12.0. The molecule has 2 N–H and O–H groups in total. The summed E-state index contributed by atoms with van der Waals surface area (Å²) in [4.78, 5) is 31.5. The lowest BCUT2D eigenvalue weighted by molar-refractivity contribution is -0.118. The smallest absolute Gasteiger partial charge is 0.244 e. The van der Waals surface area contributed by atoms with E-state index in [1.165, 1.54) is 23.1 Å². The summed E-state index contributed by atoms with van der Waals surface area (Å²) in [5.74, 6) is 0.612. The van der Waals surface area contributed by atoms with Crippen molar-refractivity contribution in [2.24, 2.45) is 5.41 Å². The van der Waals surface area contributed by atoms with Gasteiger partial charge in [0.1, 0.15) is 11.0 Å². The second-order valence-corrected chi connectivity index (χ2v) is 12.2. The molecule has 0 aliphatic carbocycles. The van der Waals surface area contributed by atoms with E-state index in [9.17, 15) is 9.59 Å². The van der Waals surface area contributed by atoms with Gasteiger partial charge in [-0.2, -0.15) is 0 Å². The number of hydrogen-bond donors (Lipinski definition) is 2. The Balaban J connectivity index is 1.49. The molecule has 0 saturated carbocycles. The van der Waals surface area contributed by atoms with Crippen molar-refractivity contribution in [2.45, 2.75) is 44.3 Å². The minimum atomic E-state index is -0.510. The molecule has 0 bridgehead atoms. The molecule has 1 aromatic heterocycles. The molecule has 202 valence electrons. The molecule has 4 aromatic rings. The SMILES string of the molecule is CCOc1ccc(-c2csc(NC(=O)C(Sc3cccc(NC(=O)CC(C)(C)C)c3)c3ccccc3)n2)cc1. The molecule has 0 saturated heterocycles. The Hall–Kier alpha value is -3.62. The number of thiazole rings is 1. The summed E-state index contributed by atoms with van der Waals surface area (Å²) in [5.41, 5.74) is 3.23. The Morgan fingerprint density at radius 1 is 0.974 bits per heavy atom. The van der Waals surface area contributed by atoms with Crippen molar-refractivity contribution in [3.63, 3.8) is 0 Å². The number of rotatable bonds is 10. The molecule has 0 spiro atoms. The van der Waals surface area contributed by atoms with Crippen molar-refractivity contribution >= 4 is 45.7 Å². The summed E-state index contributed by atoms with van der Waals surface area (Å²) in [6.07, 6.45) is 0.423. The van der Waals surface area contributed by atoms with E-state index in [0.29, 0.717) is 23.8 Å². The predicted octanol–water partition coefficient (Wildman–Crippen LogP) is 8.06. The van der Waals surface area contributed by atoms with E-state index in [1.54, 1.807) is 0 Å². The summed E-state index contributed by atoms with van der Waals surface area (Å²) in [6.45, 7) is 8.67. The highest BCUT2D eigenvalue weighted by Crippen LogP contribution is 2.38. The lowest BCUT2D eigenvalue weighted by atomic mass is 9.92. The Bertz CT molecular complexity index is 1400. The number of ether oxygens (including phenoxy) is 1. The summed E-state index contributed by atoms with van der Waals surface area (Å²) in [6, 6.07) is 25.0. The van der Waals surface area contributed by atoms with Crippen LogP contribution < -0.4 is 15.4 Å². The molecule has 3 aromatic carbocycles. The zero-order valence-corrected chi connectivity index (χ0v) is 24.2. The number of nitrogens with one attached hydrogen (secondary N) is 2. The number of nitrogens with zero attached hydrogens (tertiary/aromatic N) is 1. The second kappa shape index (κ2) is 13.0. The van der Waals surface area contributed by atoms with E-state index < -0.39 is 5.25 Å². The van der Waals surface area contributed by atoms with Gasteiger partial charge in [-0.25, -0.2) is 4.98 Å². The van der Waals surface area contributed by atoms with Gasteiger partial charge in [0.05, 0.1) is 12.3 Å². The molecule has 8 heteroatoms. The van der Waals surface area contributed by atoms with Crippen molar-refractivity contribution in [3.05, 3.63) is 89.8 Å². The van der Waals surface area contributed by atoms with Gasteiger partial charge in [0.2, 0.25) is 11.8 Å². The van der Waals surface area contributed by atoms with Gasteiger partial charge in [0.25, 0.3) is 0 Å². The van der Waals surface area contributed by atoms with Crippen LogP contribution in [0, 0.1) is 5.41 Å². The van der Waals surface area contributed by atoms with Crippen LogP contribution in [0.25, 0.3) is 11.3 Å². The van der Waals surface area contributed by atoms with Crippen molar-refractivity contribution in [2.75, 3.05) is 17.2 Å². The van der Waals surface area contributed by atoms with E-state index in [2.05, 4.69) is 15.6 Å². The number of amides is 2. The largest absolute Gasteiger partial charge is 0.494 e. The van der Waals surface area contributed by atoms with E-state index in [0.717, 1.165) is 27.5 Å². The Labute approximate surface area is 238 Å². The molecule has 1 heterocycles. The van der Waals surface area contributed by atoms with E-state index in [1.807, 2.05) is 112 Å². The lowest BCUT2D eigenvalue weighted by Gasteiger charge is -2.18. The zero-order valence-electron chi connectivity index (χ0n) is 22.6. The number of hydrogen-bond acceptors (Lipinski definition) is 6. The Kier molecular flexibility index (Phi) is 9.43. The van der Waals surface area contributed by atoms with Crippen LogP contribution in [0.4, 0.5) is 10.8 Å². The van der Waals surface area contributed by atoms with Crippen molar-refractivity contribution in [3.8, 4) is 17.0 Å². The maximum Gasteiger partial charge on any atom is 0.244 e. The molecule has 39 heavy (non-hydrogen) atoms. The van der Waals surface area contributed by atoms with Gasteiger partial charge in [-0.05, 0) is 60.4 Å². The first kappa shape index (κ1) is 28.4. The fourth-order valence-corrected chi connectivity index (χ4v) is 5.70. The van der Waals surface area contributed by atoms with Crippen LogP contribution in [0.1, 0.15) is 44.9 Å². The topological polar surface area (TPSA) is 80.3 Å². The molecule has 1 atom stereocenters. The number of carbonyl (C=O) groups is 2. The number of carbonyl (C=O) groups excluding carboxylic acids is 2. The highest BCUT2D eigenvalue weighted by molar-refractivity contribution is 8.00. The highest BCUT2D eigenvalue weighted by Gasteiger charge is 2.24. The summed E-state index contributed by atoms with van der Waals surface area (Å²) in [5, 5.41) is 7.95. The number of anilines is 2. The van der Waals surface area contributed by atoms with E-state index >= 15 is 0 Å². The van der Waals surface area contributed by atoms with Crippen LogP contribution in [0.5, 0.6) is 5.75 Å². The van der Waals surface area contributed by atoms with Gasteiger partial charge >= 0.3 is 0 Å². The third kappa shape index (κ3) is 8.43. The van der Waals surface area contributed by atoms with Crippen LogP contribution >= 0.6 is 23.1 Å². The summed E-state index contributed by atoms with van der Waals surface area (Å²) >= 11 is 2.82. The fourth-order valence-electron chi connectivity index (χ4n) is 3.89. The van der Waals surface area contributed by atoms with Crippen LogP contribution in [-0.2, 0) is 9.59 Å². The molecule has 0 radical (unpaired) electrons. The van der Waals surface area contributed by atoms with Crippen LogP contribution in [0.15, 0.2) is 89.1 Å². The molecule has 4 rings (SSSR count). The predicted molar refractivity (Wildman–Crippen MR) is 162 cm³/mol. The molecule has 0 fully saturated rings. The number of thioether (sulfide) groups is 1. The Morgan fingerprint density at radius 3 is 2.41 bits per heavy atom. The first-order valence-electron chi connectivity index (χ1n) is 12.8. The van der Waals surface area contributed by atoms with Gasteiger partial charge in [-0.3, -0.25) is 9.59 Å². The van der Waals surface area contributed by atoms with Crippen molar-refractivity contribution in [1.82, 2.24) is 4.98 Å². The number of benzene rings is 3. The first-order chi connectivity index (χ1) is 18.7. The van der Waals surface area contributed by atoms with Gasteiger partial charge in [-0.15, -0.1) is 23.1 Å². The minimum absolute atomic E-state index is 0.0332. The van der Waals surface area contributed by atoms with Gasteiger partial charge < -0.3 is 15.4 Å². The minimum Gasteiger partial charge on any atom is -0.494 e. The highest BCUT2D eigenvalue weighted by atomic mass is 32.2. The summed E-state index contributed by atoms with van der Waals surface area (Å²) in [7, 11) is 0. The van der Waals surface area contributed by atoms with Crippen LogP contribution in [-0.4, -0.2) is 23.4 Å². The third-order valence-corrected chi connectivity index (χ3v) is 7.60.